The van der Waals surface area contributed by atoms with Crippen LogP contribution in [0, 0.1) is 0 Å². The maximum Gasteiger partial charge on any atom is 0.492 e. The van der Waals surface area contributed by atoms with Gasteiger partial charge in [-0.15, -0.1) is 11.8 Å². The normalized spacial score (nSPS) is 15.6. The summed E-state index contributed by atoms with van der Waals surface area (Å²) in [6.07, 6.45) is -4.63. The van der Waals surface area contributed by atoms with Crippen LogP contribution in [0.5, 0.6) is 0 Å². The molecule has 9 N–H and O–H groups in total. The highest BCUT2D eigenvalue weighted by Crippen LogP contribution is 2.32. The zero-order valence-corrected chi connectivity index (χ0v) is 24.8. The van der Waals surface area contributed by atoms with Gasteiger partial charge in [0.1, 0.15) is 0 Å². The van der Waals surface area contributed by atoms with Gasteiger partial charge in [0.05, 0.1) is 29.3 Å². The Kier molecular flexibility index (Phi) is 11.8. The van der Waals surface area contributed by atoms with E-state index < -0.39 is 48.5 Å². The summed E-state index contributed by atoms with van der Waals surface area (Å²) in [5, 5.41) is 15.5. The van der Waals surface area contributed by atoms with Crippen molar-refractivity contribution in [2.45, 2.75) is 67.9 Å². The molecule has 3 rings (SSSR count). The molecule has 10 nitrogen and oxygen atoms in total. The Morgan fingerprint density at radius 1 is 1.07 bits per heavy atom. The molecule has 15 heteroatoms. The number of carbonyl (C=O) groups excluding carboxylic acids is 3. The molecule has 2 amide bonds. The first kappa shape index (κ1) is 34.5. The molecule has 0 unspecified atom stereocenters. The van der Waals surface area contributed by atoms with Crippen LogP contribution in [0.1, 0.15) is 43.4 Å². The van der Waals surface area contributed by atoms with Gasteiger partial charge in [-0.3, -0.25) is 14.4 Å². The molecular weight excluding hydrogens is 586 g/mol. The third-order valence-corrected chi connectivity index (χ3v) is 8.18. The van der Waals surface area contributed by atoms with Crippen molar-refractivity contribution in [3.8, 4) is 0 Å². The average Bonchev–Trinajstić information content (AvgIpc) is 3.18. The van der Waals surface area contributed by atoms with E-state index in [2.05, 4.69) is 10.6 Å². The van der Waals surface area contributed by atoms with Crippen molar-refractivity contribution in [2.24, 2.45) is 17.2 Å². The lowest BCUT2D eigenvalue weighted by Crippen LogP contribution is -2.50. The van der Waals surface area contributed by atoms with Crippen LogP contribution >= 0.6 is 11.8 Å². The zero-order chi connectivity index (χ0) is 31.9. The molecule has 0 saturated carbocycles. The lowest BCUT2D eigenvalue weighted by Gasteiger charge is -2.22. The fourth-order valence-electron chi connectivity index (χ4n) is 4.53. The van der Waals surface area contributed by atoms with Gasteiger partial charge in [0, 0.05) is 36.6 Å². The van der Waals surface area contributed by atoms with E-state index in [4.69, 9.17) is 21.9 Å². The molecule has 2 aromatic carbocycles. The molecule has 234 valence electrons. The minimum Gasteiger partial charge on any atom is -0.423 e. The van der Waals surface area contributed by atoms with Gasteiger partial charge in [-0.05, 0) is 61.1 Å². The van der Waals surface area contributed by atoms with Gasteiger partial charge in [-0.2, -0.15) is 13.2 Å². The Hall–Kier alpha value is -2.95. The van der Waals surface area contributed by atoms with Crippen molar-refractivity contribution in [1.82, 2.24) is 10.6 Å². The van der Waals surface area contributed by atoms with E-state index in [9.17, 15) is 32.6 Å². The van der Waals surface area contributed by atoms with Gasteiger partial charge in [0.25, 0.3) is 0 Å². The number of ketones is 1. The van der Waals surface area contributed by atoms with E-state index >= 15 is 0 Å². The minimum absolute atomic E-state index is 0.00524. The first-order valence-electron chi connectivity index (χ1n) is 13.7. The average molecular weight is 624 g/mol. The monoisotopic (exact) mass is 623 g/mol. The molecule has 0 bridgehead atoms. The predicted octanol–water partition coefficient (Wildman–Crippen LogP) is 0.557. The Morgan fingerprint density at radius 2 is 1.72 bits per heavy atom. The molecule has 43 heavy (non-hydrogen) atoms. The van der Waals surface area contributed by atoms with Gasteiger partial charge in [0.15, 0.2) is 5.78 Å². The minimum atomic E-state index is -4.48. The lowest BCUT2D eigenvalue weighted by atomic mass is 9.77. The Balaban J connectivity index is 1.71. The molecule has 0 aromatic heterocycles. The van der Waals surface area contributed by atoms with Gasteiger partial charge < -0.3 is 37.5 Å². The van der Waals surface area contributed by atoms with Crippen LogP contribution in [-0.2, 0) is 37.2 Å². The molecule has 0 fully saturated rings. The highest BCUT2D eigenvalue weighted by atomic mass is 32.2. The van der Waals surface area contributed by atoms with Gasteiger partial charge in [-0.25, -0.2) is 0 Å². The number of alkyl halides is 3. The van der Waals surface area contributed by atoms with Gasteiger partial charge in [0.2, 0.25) is 11.8 Å². The third-order valence-electron chi connectivity index (χ3n) is 7.07. The molecular formula is C28H37BF3N5O5S. The number of nitrogens with one attached hydrogen (secondary N) is 2. The highest BCUT2D eigenvalue weighted by Gasteiger charge is 2.40. The van der Waals surface area contributed by atoms with E-state index in [-0.39, 0.29) is 49.8 Å². The second kappa shape index (κ2) is 14.7. The van der Waals surface area contributed by atoms with Crippen LogP contribution in [0.15, 0.2) is 47.4 Å². The van der Waals surface area contributed by atoms with Crippen LogP contribution in [0.3, 0.4) is 0 Å². The molecule has 0 radical (unpaired) electrons. The zero-order valence-electron chi connectivity index (χ0n) is 23.9. The lowest BCUT2D eigenvalue weighted by molar-refractivity contribution is -0.137. The maximum atomic E-state index is 13.5. The van der Waals surface area contributed by atoms with E-state index in [1.807, 2.05) is 0 Å². The number of Topliss-reactive ketones (excluding diaryl/α,β-unsaturated/α-hetero) is 1. The first-order valence-corrected chi connectivity index (χ1v) is 14.7. The second-order valence-corrected chi connectivity index (χ2v) is 11.9. The quantitative estimate of drug-likeness (QED) is 0.129. The summed E-state index contributed by atoms with van der Waals surface area (Å²) >= 11 is 1.11. The molecule has 0 spiro atoms. The summed E-state index contributed by atoms with van der Waals surface area (Å²) in [6.45, 7) is 3.91. The van der Waals surface area contributed by atoms with Crippen molar-refractivity contribution >= 4 is 41.9 Å². The molecule has 2 aromatic rings. The third kappa shape index (κ3) is 9.52. The number of thioether (sulfide) groups is 1. The van der Waals surface area contributed by atoms with Crippen LogP contribution in [0.25, 0.3) is 0 Å². The molecule has 0 aliphatic carbocycles. The second-order valence-electron chi connectivity index (χ2n) is 10.8. The summed E-state index contributed by atoms with van der Waals surface area (Å²) in [7, 11) is -1.08. The Labute approximate surface area is 252 Å². The van der Waals surface area contributed by atoms with Crippen LogP contribution in [-0.4, -0.2) is 66.7 Å². The van der Waals surface area contributed by atoms with Crippen LogP contribution < -0.4 is 33.3 Å². The van der Waals surface area contributed by atoms with Crippen molar-refractivity contribution in [2.75, 3.05) is 18.8 Å². The number of carbonyl (C=O) groups is 3. The Bertz CT molecular complexity index is 1290. The summed E-state index contributed by atoms with van der Waals surface area (Å²) < 4.78 is 44.5. The van der Waals surface area contributed by atoms with Gasteiger partial charge >= 0.3 is 13.3 Å². The summed E-state index contributed by atoms with van der Waals surface area (Å²) in [6, 6.07) is 7.08. The number of amides is 2. The van der Waals surface area contributed by atoms with E-state index in [0.29, 0.717) is 15.9 Å². The fourth-order valence-corrected chi connectivity index (χ4v) is 5.48. The van der Waals surface area contributed by atoms with Crippen molar-refractivity contribution in [1.29, 1.82) is 0 Å². The smallest absolute Gasteiger partial charge is 0.423 e. The SMILES string of the molecule is CC1(C)OB(O)c2ccc(CC(=O)[C@@H](CSc3ccc(C(F)(F)F)cc3)NC(=O)[C@@H](N)CCC(=O)NC(CN)CN)cc21. The highest BCUT2D eigenvalue weighted by molar-refractivity contribution is 7.99. The van der Waals surface area contributed by atoms with E-state index in [0.717, 1.165) is 29.5 Å². The van der Waals surface area contributed by atoms with Gasteiger partial charge in [-0.1, -0.05) is 18.2 Å². The number of hydrogen-bond acceptors (Lipinski definition) is 9. The molecule has 1 aliphatic rings. The largest absolute Gasteiger partial charge is 0.492 e. The Morgan fingerprint density at radius 3 is 2.33 bits per heavy atom. The van der Waals surface area contributed by atoms with Crippen molar-refractivity contribution < 1.29 is 37.2 Å². The molecule has 1 heterocycles. The topological polar surface area (TPSA) is 183 Å². The van der Waals surface area contributed by atoms with Crippen LogP contribution in [0.4, 0.5) is 13.2 Å². The molecule has 0 saturated heterocycles. The first-order chi connectivity index (χ1) is 20.1. The molecule has 2 atom stereocenters. The number of halogens is 3. The van der Waals surface area contributed by atoms with Crippen molar-refractivity contribution in [3.05, 3.63) is 59.2 Å². The van der Waals surface area contributed by atoms with Crippen molar-refractivity contribution in [3.63, 3.8) is 0 Å². The summed E-state index contributed by atoms with van der Waals surface area (Å²) in [5.74, 6) is -1.36. The summed E-state index contributed by atoms with van der Waals surface area (Å²) in [4.78, 5) is 39.1. The number of benzene rings is 2. The maximum absolute atomic E-state index is 13.5. The fraction of sp³-hybridized carbons (Fsp3) is 0.464. The number of nitrogens with two attached hydrogens (primary N) is 3. The van der Waals surface area contributed by atoms with E-state index in [1.165, 1.54) is 12.1 Å². The molecule has 1 aliphatic heterocycles. The van der Waals surface area contributed by atoms with E-state index in [1.54, 1.807) is 32.0 Å². The number of fused-ring (bicyclic) bond motifs is 1. The van der Waals surface area contributed by atoms with Crippen LogP contribution in [0.2, 0.25) is 0 Å². The summed E-state index contributed by atoms with van der Waals surface area (Å²) in [5.41, 5.74) is 17.5. The standard InChI is InChI=1S/C28H37BF3N5O5S/c1-27(2)20-11-16(3-8-21(20)29(41)42-27)12-24(38)23(15-43-19-6-4-17(5-7-19)28(30,31)32)37-26(40)22(35)9-10-25(39)36-18(13-33)14-34/h3-8,11,18,22-23,41H,9-10,12-15,33-35H2,1-2H3,(H,36,39)(H,37,40)/t22-,23+/m0/s1. The predicted molar refractivity (Wildman–Crippen MR) is 158 cm³/mol. The number of rotatable bonds is 14. The number of hydrogen-bond donors (Lipinski definition) is 6.